The molecule has 0 heterocycles. The number of rotatable bonds is 9. The lowest BCUT2D eigenvalue weighted by Gasteiger charge is -2.29. The van der Waals surface area contributed by atoms with Gasteiger partial charge in [0, 0.05) is 7.11 Å². The molecule has 2 N–H and O–H groups in total. The van der Waals surface area contributed by atoms with Crippen molar-refractivity contribution in [3.8, 4) is 0 Å². The van der Waals surface area contributed by atoms with Crippen LogP contribution in [0.3, 0.4) is 0 Å². The summed E-state index contributed by atoms with van der Waals surface area (Å²) in [6.45, 7) is 3.45. The molecule has 0 spiro atoms. The number of carboxylic acid groups (broad SMARTS) is 2. The monoisotopic (exact) mass is 322 g/mol. The Kier molecular flexibility index (Phi) is 6.47. The molecule has 0 radical (unpaired) electrons. The molecule has 23 heavy (non-hydrogen) atoms. The molecular formula is C16H18O7. The number of benzene rings is 1. The number of hydrogen-bond donors (Lipinski definition) is 2. The lowest BCUT2D eigenvalue weighted by Crippen LogP contribution is -2.42. The molecule has 7 heteroatoms. The highest BCUT2D eigenvalue weighted by Crippen LogP contribution is 2.36. The van der Waals surface area contributed by atoms with Crippen molar-refractivity contribution in [3.63, 3.8) is 0 Å². The number of carboxylic acids is 2. The molecule has 7 nitrogen and oxygen atoms in total. The van der Waals surface area contributed by atoms with E-state index in [9.17, 15) is 24.6 Å². The first kappa shape index (κ1) is 18.4. The summed E-state index contributed by atoms with van der Waals surface area (Å²) in [5, 5.41) is 18.9. The average molecular weight is 322 g/mol. The highest BCUT2D eigenvalue weighted by Gasteiger charge is 2.48. The number of aliphatic carboxylic acids is 2. The largest absolute Gasteiger partial charge is 0.480 e. The normalized spacial score (nSPS) is 12.9. The Morgan fingerprint density at radius 1 is 1.13 bits per heavy atom. The van der Waals surface area contributed by atoms with Gasteiger partial charge in [-0.25, -0.2) is 4.79 Å². The summed E-state index contributed by atoms with van der Waals surface area (Å²) in [5.74, 6) is -3.84. The molecule has 1 aromatic carbocycles. The Hall–Kier alpha value is -2.67. The van der Waals surface area contributed by atoms with Gasteiger partial charge in [-0.05, 0) is 5.56 Å². The number of esters is 1. The predicted octanol–water partition coefficient (Wildman–Crippen LogP) is 1.23. The van der Waals surface area contributed by atoms with Gasteiger partial charge in [-0.3, -0.25) is 9.59 Å². The highest BCUT2D eigenvalue weighted by atomic mass is 16.6. The van der Waals surface area contributed by atoms with Gasteiger partial charge in [0.2, 0.25) is 0 Å². The second-order valence-electron chi connectivity index (χ2n) is 4.75. The molecule has 1 atom stereocenters. The van der Waals surface area contributed by atoms with Crippen LogP contribution in [0, 0.1) is 0 Å². The van der Waals surface area contributed by atoms with Crippen LogP contribution >= 0.6 is 0 Å². The smallest absolute Gasteiger partial charge is 0.332 e. The van der Waals surface area contributed by atoms with Gasteiger partial charge in [0.1, 0.15) is 12.0 Å². The minimum Gasteiger partial charge on any atom is -0.480 e. The van der Waals surface area contributed by atoms with Crippen LogP contribution in [-0.4, -0.2) is 48.4 Å². The quantitative estimate of drug-likeness (QED) is 0.399. The molecule has 124 valence electrons. The maximum absolute atomic E-state index is 12.0. The molecule has 1 unspecified atom stereocenters. The molecule has 0 aromatic heterocycles. The van der Waals surface area contributed by atoms with Crippen LogP contribution < -0.4 is 0 Å². The zero-order valence-electron chi connectivity index (χ0n) is 12.7. The van der Waals surface area contributed by atoms with Crippen LogP contribution in [0.25, 0.3) is 0 Å². The minimum atomic E-state index is -2.10. The van der Waals surface area contributed by atoms with Gasteiger partial charge < -0.3 is 19.7 Å². The van der Waals surface area contributed by atoms with Gasteiger partial charge in [-0.2, -0.15) is 0 Å². The van der Waals surface area contributed by atoms with E-state index < -0.39 is 35.3 Å². The van der Waals surface area contributed by atoms with Gasteiger partial charge in [0.25, 0.3) is 0 Å². The number of carbonyl (C=O) groups excluding carboxylic acids is 1. The molecule has 0 aliphatic rings. The van der Waals surface area contributed by atoms with Crippen LogP contribution in [0.4, 0.5) is 0 Å². The lowest BCUT2D eigenvalue weighted by molar-refractivity contribution is -0.154. The van der Waals surface area contributed by atoms with Crippen molar-refractivity contribution in [2.24, 2.45) is 0 Å². The Morgan fingerprint density at radius 2 is 1.74 bits per heavy atom. The topological polar surface area (TPSA) is 110 Å². The number of hydrogen-bond acceptors (Lipinski definition) is 5. The minimum absolute atomic E-state index is 0.0562. The van der Waals surface area contributed by atoms with Gasteiger partial charge in [-0.1, -0.05) is 36.9 Å². The predicted molar refractivity (Wildman–Crippen MR) is 80.0 cm³/mol. The van der Waals surface area contributed by atoms with Crippen molar-refractivity contribution in [1.29, 1.82) is 0 Å². The van der Waals surface area contributed by atoms with Crippen molar-refractivity contribution in [2.45, 2.75) is 11.8 Å². The first-order valence-electron chi connectivity index (χ1n) is 6.72. The molecule has 0 bridgehead atoms. The van der Waals surface area contributed by atoms with E-state index in [1.54, 1.807) is 18.2 Å². The number of methoxy groups -OCH3 is 1. The molecule has 1 aromatic rings. The fourth-order valence-electron chi connectivity index (χ4n) is 2.12. The number of carbonyl (C=O) groups is 3. The summed E-state index contributed by atoms with van der Waals surface area (Å²) in [7, 11) is 1.42. The Bertz CT molecular complexity index is 594. The lowest BCUT2D eigenvalue weighted by atomic mass is 9.72. The maximum Gasteiger partial charge on any atom is 0.332 e. The summed E-state index contributed by atoms with van der Waals surface area (Å²) in [6.07, 6.45) is -0.679. The molecule has 0 aliphatic heterocycles. The SMILES string of the molecule is C=C(C(=O)O)C(CC(=O)OCCOC)(C(=O)O)c1ccccc1. The Labute approximate surface area is 133 Å². The summed E-state index contributed by atoms with van der Waals surface area (Å²) in [5.41, 5.74) is -2.57. The summed E-state index contributed by atoms with van der Waals surface area (Å²) >= 11 is 0. The van der Waals surface area contributed by atoms with E-state index in [2.05, 4.69) is 6.58 Å². The summed E-state index contributed by atoms with van der Waals surface area (Å²) in [4.78, 5) is 35.2. The molecule has 1 rings (SSSR count). The first-order valence-corrected chi connectivity index (χ1v) is 6.72. The van der Waals surface area contributed by atoms with Crippen LogP contribution in [-0.2, 0) is 29.3 Å². The van der Waals surface area contributed by atoms with Crippen LogP contribution in [0.1, 0.15) is 12.0 Å². The molecule has 0 aliphatic carbocycles. The second kappa shape index (κ2) is 8.09. The third-order valence-corrected chi connectivity index (χ3v) is 3.37. The van der Waals surface area contributed by atoms with Gasteiger partial charge >= 0.3 is 17.9 Å². The summed E-state index contributed by atoms with van der Waals surface area (Å²) in [6, 6.07) is 7.63. The molecular weight excluding hydrogens is 304 g/mol. The van der Waals surface area contributed by atoms with E-state index in [-0.39, 0.29) is 18.8 Å². The molecule has 0 amide bonds. The van der Waals surface area contributed by atoms with E-state index in [0.717, 1.165) is 0 Å². The van der Waals surface area contributed by atoms with Crippen LogP contribution in [0.15, 0.2) is 42.5 Å². The van der Waals surface area contributed by atoms with E-state index in [1.807, 2.05) is 0 Å². The third-order valence-electron chi connectivity index (χ3n) is 3.37. The average Bonchev–Trinajstić information content (AvgIpc) is 2.52. The molecule has 0 fully saturated rings. The Balaban J connectivity index is 3.24. The zero-order chi connectivity index (χ0) is 17.5. The summed E-state index contributed by atoms with van der Waals surface area (Å²) < 4.78 is 9.61. The highest BCUT2D eigenvalue weighted by molar-refractivity contribution is 6.02. The van der Waals surface area contributed by atoms with E-state index in [1.165, 1.54) is 19.2 Å². The van der Waals surface area contributed by atoms with Crippen molar-refractivity contribution in [2.75, 3.05) is 20.3 Å². The van der Waals surface area contributed by atoms with E-state index in [4.69, 9.17) is 9.47 Å². The molecule has 0 saturated carbocycles. The van der Waals surface area contributed by atoms with Crippen molar-refractivity contribution < 1.29 is 34.1 Å². The zero-order valence-corrected chi connectivity index (χ0v) is 12.7. The maximum atomic E-state index is 12.0. The number of ether oxygens (including phenoxy) is 2. The Morgan fingerprint density at radius 3 is 2.22 bits per heavy atom. The van der Waals surface area contributed by atoms with Gasteiger partial charge in [0.05, 0.1) is 18.6 Å². The van der Waals surface area contributed by atoms with Crippen molar-refractivity contribution >= 4 is 17.9 Å². The first-order chi connectivity index (χ1) is 10.9. The van der Waals surface area contributed by atoms with Crippen LogP contribution in [0.2, 0.25) is 0 Å². The van der Waals surface area contributed by atoms with Gasteiger partial charge in [-0.15, -0.1) is 0 Å². The van der Waals surface area contributed by atoms with E-state index in [0.29, 0.717) is 0 Å². The fourth-order valence-corrected chi connectivity index (χ4v) is 2.12. The molecule has 0 saturated heterocycles. The fraction of sp³-hybridized carbons (Fsp3) is 0.312. The van der Waals surface area contributed by atoms with Crippen molar-refractivity contribution in [1.82, 2.24) is 0 Å². The van der Waals surface area contributed by atoms with Crippen molar-refractivity contribution in [3.05, 3.63) is 48.0 Å². The van der Waals surface area contributed by atoms with E-state index >= 15 is 0 Å². The third kappa shape index (κ3) is 4.17. The van der Waals surface area contributed by atoms with Gasteiger partial charge in [0.15, 0.2) is 0 Å². The standard InChI is InChI=1S/C16H18O7/c1-11(14(18)19)16(15(20)21,12-6-4-3-5-7-12)10-13(17)23-9-8-22-2/h3-7H,1,8-10H2,2H3,(H,18,19)(H,20,21). The second-order valence-corrected chi connectivity index (χ2v) is 4.75. The van der Waals surface area contributed by atoms with Crippen LogP contribution in [0.5, 0.6) is 0 Å².